The Morgan fingerprint density at radius 1 is 1.47 bits per heavy atom. The van der Waals surface area contributed by atoms with Crippen LogP contribution in [-0.4, -0.2) is 28.7 Å². The summed E-state index contributed by atoms with van der Waals surface area (Å²) in [6.07, 6.45) is 3.81. The molecule has 0 bridgehead atoms. The second-order valence-electron chi connectivity index (χ2n) is 4.70. The van der Waals surface area contributed by atoms with Gasteiger partial charge in [0, 0.05) is 23.2 Å². The summed E-state index contributed by atoms with van der Waals surface area (Å²) < 4.78 is 0. The lowest BCUT2D eigenvalue weighted by atomic mass is 10.0. The van der Waals surface area contributed by atoms with Gasteiger partial charge in [0.2, 0.25) is 0 Å². The highest BCUT2D eigenvalue weighted by atomic mass is 35.5. The molecule has 1 aliphatic heterocycles. The largest absolute Gasteiger partial charge is 0.302 e. The molecular formula is C13H15ClN2O3. The van der Waals surface area contributed by atoms with Crippen molar-refractivity contribution >= 4 is 23.6 Å². The van der Waals surface area contributed by atoms with Crippen LogP contribution >= 0.6 is 11.6 Å². The SMILES string of the molecule is O=CC1CCCCN1Cc1ccc(Cl)cc1[N+](=O)[O-]. The summed E-state index contributed by atoms with van der Waals surface area (Å²) in [6.45, 7) is 1.21. The third kappa shape index (κ3) is 3.30. The zero-order chi connectivity index (χ0) is 13.8. The van der Waals surface area contributed by atoms with E-state index in [9.17, 15) is 14.9 Å². The van der Waals surface area contributed by atoms with Gasteiger partial charge in [0.25, 0.3) is 5.69 Å². The lowest BCUT2D eigenvalue weighted by molar-refractivity contribution is -0.385. The average Bonchev–Trinajstić information content (AvgIpc) is 2.41. The van der Waals surface area contributed by atoms with Crippen molar-refractivity contribution in [3.05, 3.63) is 38.9 Å². The molecule has 1 unspecified atom stereocenters. The third-order valence-corrected chi connectivity index (χ3v) is 3.67. The molecule has 1 aromatic carbocycles. The quantitative estimate of drug-likeness (QED) is 0.484. The molecule has 0 amide bonds. The number of hydrogen-bond donors (Lipinski definition) is 0. The van der Waals surface area contributed by atoms with Crippen molar-refractivity contribution in [3.63, 3.8) is 0 Å². The van der Waals surface area contributed by atoms with E-state index in [0.29, 0.717) is 17.1 Å². The van der Waals surface area contributed by atoms with Crippen LogP contribution in [0.3, 0.4) is 0 Å². The van der Waals surface area contributed by atoms with Gasteiger partial charge in [-0.05, 0) is 31.5 Å². The molecule has 19 heavy (non-hydrogen) atoms. The number of carbonyl (C=O) groups is 1. The molecule has 1 fully saturated rings. The van der Waals surface area contributed by atoms with Gasteiger partial charge in [0.15, 0.2) is 0 Å². The highest BCUT2D eigenvalue weighted by Gasteiger charge is 2.24. The first-order valence-electron chi connectivity index (χ1n) is 6.24. The zero-order valence-electron chi connectivity index (χ0n) is 10.4. The molecule has 0 aromatic heterocycles. The fourth-order valence-corrected chi connectivity index (χ4v) is 2.59. The summed E-state index contributed by atoms with van der Waals surface area (Å²) in [6, 6.07) is 4.53. The van der Waals surface area contributed by atoms with Crippen molar-refractivity contribution in [2.75, 3.05) is 6.54 Å². The summed E-state index contributed by atoms with van der Waals surface area (Å²) in [7, 11) is 0. The van der Waals surface area contributed by atoms with Gasteiger partial charge in [0.05, 0.1) is 11.0 Å². The summed E-state index contributed by atoms with van der Waals surface area (Å²) in [5, 5.41) is 11.4. The number of nitro groups is 1. The number of likely N-dealkylation sites (tertiary alicyclic amines) is 1. The Morgan fingerprint density at radius 3 is 2.95 bits per heavy atom. The average molecular weight is 283 g/mol. The first kappa shape index (κ1) is 14.0. The fraction of sp³-hybridized carbons (Fsp3) is 0.462. The van der Waals surface area contributed by atoms with E-state index in [0.717, 1.165) is 32.1 Å². The number of piperidine rings is 1. The number of nitro benzene ring substituents is 1. The highest BCUT2D eigenvalue weighted by Crippen LogP contribution is 2.26. The van der Waals surface area contributed by atoms with E-state index in [-0.39, 0.29) is 11.7 Å². The van der Waals surface area contributed by atoms with Crippen LogP contribution in [0.2, 0.25) is 5.02 Å². The van der Waals surface area contributed by atoms with Crippen LogP contribution in [0.1, 0.15) is 24.8 Å². The Balaban J connectivity index is 2.22. The number of aldehydes is 1. The van der Waals surface area contributed by atoms with Gasteiger partial charge in [-0.2, -0.15) is 0 Å². The molecule has 6 heteroatoms. The van der Waals surface area contributed by atoms with E-state index in [1.54, 1.807) is 12.1 Å². The van der Waals surface area contributed by atoms with Gasteiger partial charge < -0.3 is 4.79 Å². The molecule has 0 aliphatic carbocycles. The Hall–Kier alpha value is -1.46. The minimum Gasteiger partial charge on any atom is -0.302 e. The smallest absolute Gasteiger partial charge is 0.275 e. The molecule has 1 saturated heterocycles. The van der Waals surface area contributed by atoms with Crippen LogP contribution in [-0.2, 0) is 11.3 Å². The minimum absolute atomic E-state index is 0.0164. The third-order valence-electron chi connectivity index (χ3n) is 3.44. The Labute approximate surface area is 116 Å². The normalized spacial score (nSPS) is 20.2. The number of carbonyl (C=O) groups excluding carboxylic acids is 1. The van der Waals surface area contributed by atoms with E-state index in [2.05, 4.69) is 0 Å². The van der Waals surface area contributed by atoms with Gasteiger partial charge >= 0.3 is 0 Å². The Morgan fingerprint density at radius 2 is 2.26 bits per heavy atom. The number of halogens is 1. The van der Waals surface area contributed by atoms with Gasteiger partial charge in [-0.3, -0.25) is 15.0 Å². The van der Waals surface area contributed by atoms with Crippen LogP contribution < -0.4 is 0 Å². The lowest BCUT2D eigenvalue weighted by Crippen LogP contribution is -2.39. The zero-order valence-corrected chi connectivity index (χ0v) is 11.2. The van der Waals surface area contributed by atoms with Crippen LogP contribution in [0.15, 0.2) is 18.2 Å². The number of benzene rings is 1. The van der Waals surface area contributed by atoms with Crippen molar-refractivity contribution < 1.29 is 9.72 Å². The van der Waals surface area contributed by atoms with E-state index in [4.69, 9.17) is 11.6 Å². The maximum Gasteiger partial charge on any atom is 0.275 e. The van der Waals surface area contributed by atoms with Crippen LogP contribution in [0.5, 0.6) is 0 Å². The molecule has 2 rings (SSSR count). The van der Waals surface area contributed by atoms with E-state index >= 15 is 0 Å². The van der Waals surface area contributed by atoms with Gasteiger partial charge in [-0.15, -0.1) is 0 Å². The maximum atomic E-state index is 11.0. The number of hydrogen-bond acceptors (Lipinski definition) is 4. The minimum atomic E-state index is -0.429. The number of nitrogens with zero attached hydrogens (tertiary/aromatic N) is 2. The lowest BCUT2D eigenvalue weighted by Gasteiger charge is -2.32. The van der Waals surface area contributed by atoms with Crippen molar-refractivity contribution in [2.45, 2.75) is 31.8 Å². The van der Waals surface area contributed by atoms with Crippen LogP contribution in [0, 0.1) is 10.1 Å². The Kier molecular flexibility index (Phi) is 4.50. The van der Waals surface area contributed by atoms with E-state index in [1.807, 2.05) is 4.90 Å². The molecule has 1 heterocycles. The van der Waals surface area contributed by atoms with E-state index in [1.165, 1.54) is 6.07 Å². The predicted molar refractivity (Wildman–Crippen MR) is 72.2 cm³/mol. The molecule has 1 atom stereocenters. The van der Waals surface area contributed by atoms with Crippen molar-refractivity contribution in [1.29, 1.82) is 0 Å². The first-order valence-corrected chi connectivity index (χ1v) is 6.62. The Bertz CT molecular complexity index is 493. The molecule has 0 saturated carbocycles. The van der Waals surface area contributed by atoms with Crippen LogP contribution in [0.25, 0.3) is 0 Å². The van der Waals surface area contributed by atoms with Crippen molar-refractivity contribution in [1.82, 2.24) is 4.90 Å². The molecule has 102 valence electrons. The molecule has 0 N–H and O–H groups in total. The summed E-state index contributed by atoms with van der Waals surface area (Å²) in [5.41, 5.74) is 0.617. The second-order valence-corrected chi connectivity index (χ2v) is 5.14. The fourth-order valence-electron chi connectivity index (χ4n) is 2.43. The standard InChI is InChI=1S/C13H15ClN2O3/c14-11-5-4-10(13(7-11)16(18)19)8-15-6-2-1-3-12(15)9-17/h4-5,7,9,12H,1-3,6,8H2. The second kappa shape index (κ2) is 6.12. The maximum absolute atomic E-state index is 11.0. The van der Waals surface area contributed by atoms with Gasteiger partial charge in [-0.1, -0.05) is 18.0 Å². The number of rotatable bonds is 4. The van der Waals surface area contributed by atoms with E-state index < -0.39 is 4.92 Å². The van der Waals surface area contributed by atoms with Gasteiger partial charge in [-0.25, -0.2) is 0 Å². The molecular weight excluding hydrogens is 268 g/mol. The van der Waals surface area contributed by atoms with Gasteiger partial charge in [0.1, 0.15) is 6.29 Å². The molecule has 1 aliphatic rings. The van der Waals surface area contributed by atoms with Crippen molar-refractivity contribution in [2.24, 2.45) is 0 Å². The monoisotopic (exact) mass is 282 g/mol. The summed E-state index contributed by atoms with van der Waals surface area (Å²) in [4.78, 5) is 23.6. The summed E-state index contributed by atoms with van der Waals surface area (Å²) >= 11 is 5.79. The summed E-state index contributed by atoms with van der Waals surface area (Å²) in [5.74, 6) is 0. The molecule has 0 spiro atoms. The predicted octanol–water partition coefficient (Wildman–Crippen LogP) is 2.80. The molecule has 5 nitrogen and oxygen atoms in total. The molecule has 1 aromatic rings. The highest BCUT2D eigenvalue weighted by molar-refractivity contribution is 6.30. The van der Waals surface area contributed by atoms with Crippen LogP contribution in [0.4, 0.5) is 5.69 Å². The molecule has 0 radical (unpaired) electrons. The topological polar surface area (TPSA) is 63.5 Å². The first-order chi connectivity index (χ1) is 9.11. The van der Waals surface area contributed by atoms with Crippen molar-refractivity contribution in [3.8, 4) is 0 Å².